The van der Waals surface area contributed by atoms with Gasteiger partial charge in [-0.15, -0.1) is 5.10 Å². The quantitative estimate of drug-likeness (QED) is 0.278. The lowest BCUT2D eigenvalue weighted by molar-refractivity contribution is -0.144. The van der Waals surface area contributed by atoms with Crippen LogP contribution in [0.1, 0.15) is 60.8 Å². The van der Waals surface area contributed by atoms with Gasteiger partial charge < -0.3 is 19.2 Å². The molecular formula is C29H34N6O5. The van der Waals surface area contributed by atoms with Crippen LogP contribution < -0.4 is 15.0 Å². The normalized spacial score (nSPS) is 13.2. The average molecular weight is 547 g/mol. The van der Waals surface area contributed by atoms with Gasteiger partial charge in [0.2, 0.25) is 6.79 Å². The molecular weight excluding hydrogens is 512 g/mol. The summed E-state index contributed by atoms with van der Waals surface area (Å²) in [6, 6.07) is 11.6. The number of H-pyrrole nitrogens is 1. The topological polar surface area (TPSA) is 124 Å². The van der Waals surface area contributed by atoms with Crippen molar-refractivity contribution < 1.29 is 19.0 Å². The summed E-state index contributed by atoms with van der Waals surface area (Å²) in [5.74, 6) is 1.52. The molecule has 40 heavy (non-hydrogen) atoms. The van der Waals surface area contributed by atoms with Crippen LogP contribution in [-0.2, 0) is 29.2 Å². The minimum atomic E-state index is -0.412. The Labute approximate surface area is 232 Å². The molecule has 0 radical (unpaired) electrons. The number of esters is 1. The van der Waals surface area contributed by atoms with Crippen LogP contribution in [0.3, 0.4) is 0 Å². The van der Waals surface area contributed by atoms with Gasteiger partial charge in [0.15, 0.2) is 17.3 Å². The molecule has 3 heterocycles. The summed E-state index contributed by atoms with van der Waals surface area (Å²) in [5.41, 5.74) is 4.48. The minimum Gasteiger partial charge on any atom is -0.465 e. The molecule has 4 aromatic rings. The van der Waals surface area contributed by atoms with Gasteiger partial charge in [-0.05, 0) is 78.6 Å². The molecule has 5 rings (SSSR count). The Morgan fingerprint density at radius 1 is 1.12 bits per heavy atom. The van der Waals surface area contributed by atoms with Crippen LogP contribution in [0.25, 0.3) is 10.9 Å². The number of carbonyl (C=O) groups is 1. The van der Waals surface area contributed by atoms with Gasteiger partial charge in [-0.3, -0.25) is 14.5 Å². The van der Waals surface area contributed by atoms with Gasteiger partial charge in [0.05, 0.1) is 12.6 Å². The smallest absolute Gasteiger partial charge is 0.327 e. The highest BCUT2D eigenvalue weighted by atomic mass is 16.7. The zero-order chi connectivity index (χ0) is 28.2. The molecule has 1 aliphatic rings. The van der Waals surface area contributed by atoms with Crippen molar-refractivity contribution in [2.45, 2.75) is 66.2 Å². The van der Waals surface area contributed by atoms with Crippen molar-refractivity contribution in [3.63, 3.8) is 0 Å². The number of aromatic nitrogens is 5. The third-order valence-electron chi connectivity index (χ3n) is 7.03. The maximum Gasteiger partial charge on any atom is 0.327 e. The van der Waals surface area contributed by atoms with Crippen molar-refractivity contribution in [3.8, 4) is 11.5 Å². The number of ether oxygens (including phenoxy) is 3. The lowest BCUT2D eigenvalue weighted by atomic mass is 10.0. The van der Waals surface area contributed by atoms with E-state index in [9.17, 15) is 9.59 Å². The summed E-state index contributed by atoms with van der Waals surface area (Å²) in [4.78, 5) is 30.9. The monoisotopic (exact) mass is 546 g/mol. The van der Waals surface area contributed by atoms with Crippen LogP contribution in [0, 0.1) is 13.8 Å². The number of nitrogens with zero attached hydrogens (tertiary/aromatic N) is 5. The molecule has 11 heteroatoms. The molecule has 1 atom stereocenters. The summed E-state index contributed by atoms with van der Waals surface area (Å²) in [6.07, 6.45) is 1.54. The van der Waals surface area contributed by atoms with E-state index in [-0.39, 0.29) is 31.5 Å². The highest BCUT2D eigenvalue weighted by molar-refractivity contribution is 5.83. The zero-order valence-electron chi connectivity index (χ0n) is 23.3. The lowest BCUT2D eigenvalue weighted by Gasteiger charge is -2.31. The van der Waals surface area contributed by atoms with E-state index in [1.54, 1.807) is 6.92 Å². The van der Waals surface area contributed by atoms with Gasteiger partial charge in [0.25, 0.3) is 5.56 Å². The number of aryl methyl sites for hydroxylation is 2. The van der Waals surface area contributed by atoms with Crippen LogP contribution in [0.4, 0.5) is 0 Å². The third-order valence-corrected chi connectivity index (χ3v) is 7.03. The van der Waals surface area contributed by atoms with Gasteiger partial charge in [-0.1, -0.05) is 25.5 Å². The Balaban J connectivity index is 1.55. The highest BCUT2D eigenvalue weighted by Gasteiger charge is 2.28. The van der Waals surface area contributed by atoms with Crippen LogP contribution in [0.15, 0.2) is 41.2 Å². The number of fused-ring (bicyclic) bond motifs is 2. The molecule has 0 spiro atoms. The molecule has 0 bridgehead atoms. The SMILES string of the molecule is CCCC(c1nnnn1CC(=O)OCC)N(Cc1ccc2c(c1)OCO2)Cc1cc2c(C)cc(C)cc2[nH]c1=O. The first kappa shape index (κ1) is 27.3. The van der Waals surface area contributed by atoms with E-state index in [1.807, 2.05) is 44.2 Å². The first-order valence-electron chi connectivity index (χ1n) is 13.5. The van der Waals surface area contributed by atoms with Crippen molar-refractivity contribution in [1.29, 1.82) is 0 Å². The summed E-state index contributed by atoms with van der Waals surface area (Å²) in [5, 5.41) is 13.3. The van der Waals surface area contributed by atoms with Crippen LogP contribution in [0.5, 0.6) is 11.5 Å². The minimum absolute atomic E-state index is 0.0939. The predicted molar refractivity (Wildman–Crippen MR) is 148 cm³/mol. The maximum absolute atomic E-state index is 13.3. The van der Waals surface area contributed by atoms with E-state index in [0.29, 0.717) is 42.4 Å². The predicted octanol–water partition coefficient (Wildman–Crippen LogP) is 3.97. The summed E-state index contributed by atoms with van der Waals surface area (Å²) < 4.78 is 17.7. The van der Waals surface area contributed by atoms with E-state index < -0.39 is 5.97 Å². The fourth-order valence-corrected chi connectivity index (χ4v) is 5.24. The summed E-state index contributed by atoms with van der Waals surface area (Å²) >= 11 is 0. The second kappa shape index (κ2) is 11.9. The number of rotatable bonds is 11. The van der Waals surface area contributed by atoms with Gasteiger partial charge in [-0.25, -0.2) is 4.68 Å². The Hall–Kier alpha value is -4.25. The van der Waals surface area contributed by atoms with Crippen LogP contribution >= 0.6 is 0 Å². The van der Waals surface area contributed by atoms with E-state index in [4.69, 9.17) is 14.2 Å². The molecule has 0 saturated carbocycles. The maximum atomic E-state index is 13.3. The first-order chi connectivity index (χ1) is 19.4. The number of benzene rings is 2. The second-order valence-electron chi connectivity index (χ2n) is 10.1. The number of tetrazole rings is 1. The molecule has 0 amide bonds. The first-order valence-corrected chi connectivity index (χ1v) is 13.5. The average Bonchev–Trinajstić information content (AvgIpc) is 3.57. The molecule has 210 valence electrons. The number of pyridine rings is 1. The van der Waals surface area contributed by atoms with Crippen molar-refractivity contribution in [2.75, 3.05) is 13.4 Å². The van der Waals surface area contributed by atoms with Crippen molar-refractivity contribution in [2.24, 2.45) is 0 Å². The number of aromatic amines is 1. The van der Waals surface area contributed by atoms with Crippen molar-refractivity contribution in [1.82, 2.24) is 30.1 Å². The van der Waals surface area contributed by atoms with Gasteiger partial charge in [0, 0.05) is 29.6 Å². The number of nitrogens with one attached hydrogen (secondary N) is 1. The Kier molecular flexibility index (Phi) is 8.11. The van der Waals surface area contributed by atoms with E-state index >= 15 is 0 Å². The summed E-state index contributed by atoms with van der Waals surface area (Å²) in [7, 11) is 0. The van der Waals surface area contributed by atoms with E-state index in [0.717, 1.165) is 34.0 Å². The molecule has 2 aromatic carbocycles. The van der Waals surface area contributed by atoms with Gasteiger partial charge in [-0.2, -0.15) is 0 Å². The standard InChI is InChI=1S/C29H34N6O5/c1-5-7-24(28-31-32-33-35(28)16-27(36)38-6-2)34(14-20-8-9-25-26(12-20)40-17-39-25)15-21-13-22-19(4)10-18(3)11-23(22)30-29(21)37/h8-13,24H,5-7,14-17H2,1-4H3,(H,30,37). The molecule has 0 fully saturated rings. The van der Waals surface area contributed by atoms with Crippen molar-refractivity contribution >= 4 is 16.9 Å². The van der Waals surface area contributed by atoms with E-state index in [1.165, 1.54) is 4.68 Å². The van der Waals surface area contributed by atoms with Gasteiger partial charge >= 0.3 is 5.97 Å². The molecule has 1 unspecified atom stereocenters. The molecule has 2 aromatic heterocycles. The number of hydrogen-bond donors (Lipinski definition) is 1. The fraction of sp³-hybridized carbons (Fsp3) is 0.414. The zero-order valence-corrected chi connectivity index (χ0v) is 23.3. The van der Waals surface area contributed by atoms with E-state index in [2.05, 4.69) is 38.4 Å². The molecule has 1 N–H and O–H groups in total. The highest BCUT2D eigenvalue weighted by Crippen LogP contribution is 2.34. The van der Waals surface area contributed by atoms with Gasteiger partial charge in [0.1, 0.15) is 6.54 Å². The lowest BCUT2D eigenvalue weighted by Crippen LogP contribution is -2.33. The molecule has 1 aliphatic heterocycles. The van der Waals surface area contributed by atoms with Crippen LogP contribution in [-0.4, -0.2) is 49.5 Å². The molecule has 11 nitrogen and oxygen atoms in total. The van der Waals surface area contributed by atoms with Crippen LogP contribution in [0.2, 0.25) is 0 Å². The molecule has 0 aliphatic carbocycles. The number of carbonyl (C=O) groups excluding carboxylic acids is 1. The fourth-order valence-electron chi connectivity index (χ4n) is 5.24. The Morgan fingerprint density at radius 2 is 1.95 bits per heavy atom. The third kappa shape index (κ3) is 5.84. The number of hydrogen-bond acceptors (Lipinski definition) is 9. The second-order valence-corrected chi connectivity index (χ2v) is 10.1. The van der Waals surface area contributed by atoms with Crippen molar-refractivity contribution in [3.05, 3.63) is 74.8 Å². The molecule has 0 saturated heterocycles. The summed E-state index contributed by atoms with van der Waals surface area (Å²) in [6.45, 7) is 9.09. The Bertz CT molecular complexity index is 1580. The largest absolute Gasteiger partial charge is 0.465 e. The Morgan fingerprint density at radius 3 is 2.75 bits per heavy atom.